The first kappa shape index (κ1) is 21.4. The average molecular weight is 461 g/mol. The molecule has 0 spiro atoms. The predicted molar refractivity (Wildman–Crippen MR) is 117 cm³/mol. The highest BCUT2D eigenvalue weighted by molar-refractivity contribution is 7.98. The fourth-order valence-corrected chi connectivity index (χ4v) is 4.98. The zero-order valence-corrected chi connectivity index (χ0v) is 18.5. The van der Waals surface area contributed by atoms with Crippen molar-refractivity contribution in [2.24, 2.45) is 5.73 Å². The molecular weight excluding hydrogens is 439 g/mol. The largest absolute Gasteiger partial charge is 0.370 e. The van der Waals surface area contributed by atoms with E-state index >= 15 is 0 Å². The van der Waals surface area contributed by atoms with E-state index in [-0.39, 0.29) is 23.9 Å². The summed E-state index contributed by atoms with van der Waals surface area (Å²) in [4.78, 5) is 29.2. The summed E-state index contributed by atoms with van der Waals surface area (Å²) in [7, 11) is 0. The maximum absolute atomic E-state index is 14.2. The van der Waals surface area contributed by atoms with Crippen molar-refractivity contribution in [3.63, 3.8) is 0 Å². The van der Waals surface area contributed by atoms with Crippen molar-refractivity contribution < 1.29 is 14.0 Å². The van der Waals surface area contributed by atoms with Crippen LogP contribution in [0.5, 0.6) is 0 Å². The van der Waals surface area contributed by atoms with Crippen molar-refractivity contribution in [2.45, 2.75) is 49.6 Å². The number of rotatable bonds is 9. The third-order valence-corrected chi connectivity index (χ3v) is 6.63. The van der Waals surface area contributed by atoms with Crippen molar-refractivity contribution in [1.29, 1.82) is 0 Å². The molecule has 162 valence electrons. The fraction of sp³-hybridized carbons (Fsp3) is 0.350. The van der Waals surface area contributed by atoms with Crippen LogP contribution in [0.15, 0.2) is 34.8 Å². The van der Waals surface area contributed by atoms with E-state index in [0.29, 0.717) is 28.5 Å². The number of carbonyl (C=O) groups excluding carboxylic acids is 2. The summed E-state index contributed by atoms with van der Waals surface area (Å²) in [5, 5.41) is 11.5. The molecule has 4 rings (SSSR count). The molecule has 1 saturated carbocycles. The summed E-state index contributed by atoms with van der Waals surface area (Å²) in [5.41, 5.74) is 6.22. The van der Waals surface area contributed by atoms with Crippen LogP contribution in [0, 0.1) is 5.82 Å². The van der Waals surface area contributed by atoms with Gasteiger partial charge in [0.1, 0.15) is 11.6 Å². The number of nitrogens with two attached hydrogens (primary N) is 1. The van der Waals surface area contributed by atoms with Gasteiger partial charge in [0, 0.05) is 36.9 Å². The maximum Gasteiger partial charge on any atom is 0.230 e. The number of anilines is 2. The van der Waals surface area contributed by atoms with E-state index in [1.165, 1.54) is 41.0 Å². The lowest BCUT2D eigenvalue weighted by Crippen LogP contribution is -2.23. The van der Waals surface area contributed by atoms with Crippen LogP contribution in [0.1, 0.15) is 43.6 Å². The molecule has 0 bridgehead atoms. The first-order valence-corrected chi connectivity index (χ1v) is 11.6. The first-order valence-electron chi connectivity index (χ1n) is 9.78. The van der Waals surface area contributed by atoms with Crippen molar-refractivity contribution in [1.82, 2.24) is 19.7 Å². The maximum atomic E-state index is 14.2. The number of hydrogen-bond acceptors (Lipinski definition) is 7. The summed E-state index contributed by atoms with van der Waals surface area (Å²) in [6, 6.07) is 6.11. The quantitative estimate of drug-likeness (QED) is 0.489. The van der Waals surface area contributed by atoms with E-state index < -0.39 is 5.82 Å². The van der Waals surface area contributed by atoms with Gasteiger partial charge in [0.15, 0.2) is 10.3 Å². The molecule has 1 aromatic carbocycles. The van der Waals surface area contributed by atoms with Gasteiger partial charge < -0.3 is 10.3 Å². The average Bonchev–Trinajstić information content (AvgIpc) is 3.33. The van der Waals surface area contributed by atoms with Crippen molar-refractivity contribution in [2.75, 3.05) is 4.90 Å². The summed E-state index contributed by atoms with van der Waals surface area (Å²) in [6.45, 7) is 1.83. The van der Waals surface area contributed by atoms with Crippen LogP contribution in [0.2, 0.25) is 0 Å². The molecule has 0 radical (unpaired) electrons. The number of nitrogens with zero attached hydrogens (tertiary/aromatic N) is 5. The highest BCUT2D eigenvalue weighted by Gasteiger charge is 2.30. The van der Waals surface area contributed by atoms with Gasteiger partial charge in [-0.05, 0) is 25.0 Å². The van der Waals surface area contributed by atoms with Crippen molar-refractivity contribution in [3.05, 3.63) is 47.0 Å². The summed E-state index contributed by atoms with van der Waals surface area (Å²) in [6.07, 6.45) is 2.37. The van der Waals surface area contributed by atoms with Gasteiger partial charge in [0.2, 0.25) is 11.8 Å². The number of thiazole rings is 1. The standard InChI is InChI=1S/C20H21FN6O2S2/c1-12(28)27(16-5-3-2-4-15(16)21)19-23-14(10-30-19)11-31-20-25-24-18(13-6-7-13)26(20)9-8-17(22)29/h2-5,10,13H,6-9,11H2,1H3,(H2,22,29). The Kier molecular flexibility index (Phi) is 6.33. The topological polar surface area (TPSA) is 107 Å². The molecule has 11 heteroatoms. The lowest BCUT2D eigenvalue weighted by Gasteiger charge is -2.18. The number of primary amides is 1. The zero-order valence-electron chi connectivity index (χ0n) is 16.8. The molecule has 2 amide bonds. The molecule has 0 aliphatic heterocycles. The Hall–Kier alpha value is -2.79. The number of benzene rings is 1. The van der Waals surface area contributed by atoms with E-state index in [2.05, 4.69) is 15.2 Å². The molecule has 2 heterocycles. The van der Waals surface area contributed by atoms with Gasteiger partial charge in [-0.2, -0.15) is 0 Å². The Labute approximate surface area is 186 Å². The monoisotopic (exact) mass is 460 g/mol. The van der Waals surface area contributed by atoms with Gasteiger partial charge >= 0.3 is 0 Å². The van der Waals surface area contributed by atoms with Crippen LogP contribution in [0.3, 0.4) is 0 Å². The minimum absolute atomic E-state index is 0.170. The Morgan fingerprint density at radius 1 is 1.32 bits per heavy atom. The number of amides is 2. The molecular formula is C20H21FN6O2S2. The van der Waals surface area contributed by atoms with E-state index in [9.17, 15) is 14.0 Å². The van der Waals surface area contributed by atoms with E-state index in [1.54, 1.807) is 18.2 Å². The van der Waals surface area contributed by atoms with Crippen LogP contribution in [-0.2, 0) is 21.9 Å². The molecule has 2 aromatic heterocycles. The Balaban J connectivity index is 1.50. The predicted octanol–water partition coefficient (Wildman–Crippen LogP) is 3.60. The smallest absolute Gasteiger partial charge is 0.230 e. The second-order valence-corrected chi connectivity index (χ2v) is 8.98. The molecule has 1 aliphatic rings. The van der Waals surface area contributed by atoms with Gasteiger partial charge in [0.25, 0.3) is 0 Å². The van der Waals surface area contributed by atoms with Crippen molar-refractivity contribution in [3.8, 4) is 0 Å². The van der Waals surface area contributed by atoms with Gasteiger partial charge in [-0.1, -0.05) is 23.9 Å². The number of thioether (sulfide) groups is 1. The number of hydrogen-bond donors (Lipinski definition) is 1. The summed E-state index contributed by atoms with van der Waals surface area (Å²) < 4.78 is 16.2. The number of para-hydroxylation sites is 1. The number of aromatic nitrogens is 4. The molecule has 0 saturated heterocycles. The van der Waals surface area contributed by atoms with E-state index in [0.717, 1.165) is 24.4 Å². The van der Waals surface area contributed by atoms with Crippen LogP contribution >= 0.6 is 23.1 Å². The van der Waals surface area contributed by atoms with E-state index in [1.807, 2.05) is 9.95 Å². The number of halogens is 1. The van der Waals surface area contributed by atoms with Gasteiger partial charge in [-0.15, -0.1) is 21.5 Å². The third-order valence-electron chi connectivity index (χ3n) is 4.76. The fourth-order valence-electron chi connectivity index (χ4n) is 3.13. The molecule has 0 atom stereocenters. The van der Waals surface area contributed by atoms with Crippen LogP contribution < -0.4 is 10.6 Å². The zero-order chi connectivity index (χ0) is 22.0. The van der Waals surface area contributed by atoms with Crippen LogP contribution in [0.4, 0.5) is 15.2 Å². The lowest BCUT2D eigenvalue weighted by atomic mass is 10.3. The molecule has 2 N–H and O–H groups in total. The molecule has 31 heavy (non-hydrogen) atoms. The SMILES string of the molecule is CC(=O)N(c1nc(CSc2nnc(C3CC3)n2CCC(N)=O)cs1)c1ccccc1F. The minimum atomic E-state index is -0.487. The highest BCUT2D eigenvalue weighted by Crippen LogP contribution is 2.40. The molecule has 8 nitrogen and oxygen atoms in total. The van der Waals surface area contributed by atoms with Crippen molar-refractivity contribution >= 4 is 45.7 Å². The molecule has 1 fully saturated rings. The van der Waals surface area contributed by atoms with Gasteiger partial charge in [0.05, 0.1) is 11.4 Å². The first-order chi connectivity index (χ1) is 14.9. The minimum Gasteiger partial charge on any atom is -0.370 e. The van der Waals surface area contributed by atoms with Crippen LogP contribution in [0.25, 0.3) is 0 Å². The number of carbonyl (C=O) groups is 2. The Bertz CT molecular complexity index is 1110. The highest BCUT2D eigenvalue weighted by atomic mass is 32.2. The van der Waals surface area contributed by atoms with E-state index in [4.69, 9.17) is 5.73 Å². The third kappa shape index (κ3) is 4.93. The summed E-state index contributed by atoms with van der Waals surface area (Å²) in [5.74, 6) is 0.611. The second-order valence-electron chi connectivity index (χ2n) is 7.20. The Morgan fingerprint density at radius 2 is 2.10 bits per heavy atom. The Morgan fingerprint density at radius 3 is 2.77 bits per heavy atom. The summed E-state index contributed by atoms with van der Waals surface area (Å²) >= 11 is 2.73. The van der Waals surface area contributed by atoms with Gasteiger partial charge in [-0.3, -0.25) is 14.5 Å². The second kappa shape index (κ2) is 9.15. The normalized spacial score (nSPS) is 13.4. The molecule has 0 unspecified atom stereocenters. The lowest BCUT2D eigenvalue weighted by molar-refractivity contribution is -0.118. The van der Waals surface area contributed by atoms with Crippen LogP contribution in [-0.4, -0.2) is 31.6 Å². The van der Waals surface area contributed by atoms with Gasteiger partial charge in [-0.25, -0.2) is 9.37 Å². The molecule has 1 aliphatic carbocycles. The molecule has 3 aromatic rings.